The quantitative estimate of drug-likeness (QED) is 0.521. The molecule has 1 heterocycles. The third kappa shape index (κ3) is 4.09. The van der Waals surface area contributed by atoms with Gasteiger partial charge in [0.15, 0.2) is 11.5 Å². The molecule has 1 saturated heterocycles. The first-order chi connectivity index (χ1) is 14.3. The van der Waals surface area contributed by atoms with E-state index < -0.39 is 17.8 Å². The van der Waals surface area contributed by atoms with Gasteiger partial charge in [0.05, 0.1) is 23.9 Å². The average Bonchev–Trinajstić information content (AvgIpc) is 2.69. The minimum Gasteiger partial charge on any atom is -0.493 e. The van der Waals surface area contributed by atoms with Crippen molar-refractivity contribution in [3.63, 3.8) is 0 Å². The molecule has 1 aliphatic heterocycles. The van der Waals surface area contributed by atoms with Crippen LogP contribution in [0.15, 0.2) is 40.4 Å². The summed E-state index contributed by atoms with van der Waals surface area (Å²) in [5.74, 6) is -0.477. The van der Waals surface area contributed by atoms with Gasteiger partial charge in [0.25, 0.3) is 11.8 Å². The first-order valence-electron chi connectivity index (χ1n) is 9.25. The highest BCUT2D eigenvalue weighted by Crippen LogP contribution is 2.37. The van der Waals surface area contributed by atoms with Gasteiger partial charge in [-0.2, -0.15) is 0 Å². The number of halogens is 1. The molecule has 1 aliphatic rings. The Morgan fingerprint density at radius 1 is 1.13 bits per heavy atom. The van der Waals surface area contributed by atoms with Crippen LogP contribution in [-0.2, 0) is 9.59 Å². The van der Waals surface area contributed by atoms with E-state index in [-0.39, 0.29) is 5.57 Å². The first kappa shape index (κ1) is 21.6. The molecule has 156 valence electrons. The second-order valence-electron chi connectivity index (χ2n) is 6.71. The van der Waals surface area contributed by atoms with Crippen LogP contribution in [0.4, 0.5) is 10.5 Å². The van der Waals surface area contributed by atoms with Crippen molar-refractivity contribution in [2.45, 2.75) is 20.8 Å². The fourth-order valence-corrected chi connectivity index (χ4v) is 3.68. The van der Waals surface area contributed by atoms with Gasteiger partial charge in [-0.15, -0.1) is 0 Å². The Hall–Kier alpha value is -3.13. The number of barbiturate groups is 1. The highest BCUT2D eigenvalue weighted by molar-refractivity contribution is 9.10. The van der Waals surface area contributed by atoms with Crippen molar-refractivity contribution in [1.82, 2.24) is 5.32 Å². The van der Waals surface area contributed by atoms with Crippen LogP contribution >= 0.6 is 15.9 Å². The van der Waals surface area contributed by atoms with Gasteiger partial charge in [0.2, 0.25) is 0 Å². The van der Waals surface area contributed by atoms with Gasteiger partial charge in [-0.05, 0) is 77.7 Å². The van der Waals surface area contributed by atoms with Gasteiger partial charge < -0.3 is 9.47 Å². The zero-order valence-corrected chi connectivity index (χ0v) is 18.6. The largest absolute Gasteiger partial charge is 0.493 e. The second kappa shape index (κ2) is 8.71. The van der Waals surface area contributed by atoms with E-state index in [0.717, 1.165) is 16.0 Å². The Balaban J connectivity index is 2.07. The number of imide groups is 2. The van der Waals surface area contributed by atoms with E-state index in [0.29, 0.717) is 33.8 Å². The number of aryl methyl sites for hydroxylation is 2. The molecular formula is C22H21BrN2O5. The zero-order valence-electron chi connectivity index (χ0n) is 17.0. The van der Waals surface area contributed by atoms with Crippen molar-refractivity contribution in [2.24, 2.45) is 0 Å². The van der Waals surface area contributed by atoms with E-state index in [1.54, 1.807) is 25.1 Å². The molecule has 0 aliphatic carbocycles. The summed E-state index contributed by atoms with van der Waals surface area (Å²) in [5.41, 5.74) is 2.44. The molecule has 0 unspecified atom stereocenters. The summed E-state index contributed by atoms with van der Waals surface area (Å²) in [4.78, 5) is 39.0. The van der Waals surface area contributed by atoms with Crippen LogP contribution in [0.3, 0.4) is 0 Å². The molecule has 0 bridgehead atoms. The van der Waals surface area contributed by atoms with E-state index in [9.17, 15) is 14.4 Å². The molecule has 0 saturated carbocycles. The number of methoxy groups -OCH3 is 1. The predicted molar refractivity (Wildman–Crippen MR) is 117 cm³/mol. The maximum absolute atomic E-state index is 13.1. The topological polar surface area (TPSA) is 84.9 Å². The maximum atomic E-state index is 13.1. The predicted octanol–water partition coefficient (Wildman–Crippen LogP) is 4.14. The van der Waals surface area contributed by atoms with E-state index in [4.69, 9.17) is 9.47 Å². The Morgan fingerprint density at radius 2 is 1.87 bits per heavy atom. The highest BCUT2D eigenvalue weighted by atomic mass is 79.9. The van der Waals surface area contributed by atoms with Gasteiger partial charge in [0, 0.05) is 0 Å². The number of hydrogen-bond acceptors (Lipinski definition) is 5. The molecule has 0 spiro atoms. The van der Waals surface area contributed by atoms with Gasteiger partial charge in [-0.25, -0.2) is 9.69 Å². The Bertz CT molecular complexity index is 1080. The van der Waals surface area contributed by atoms with E-state index in [2.05, 4.69) is 21.2 Å². The number of carbonyl (C=O) groups excluding carboxylic acids is 3. The van der Waals surface area contributed by atoms with Gasteiger partial charge in [-0.3, -0.25) is 14.9 Å². The number of rotatable bonds is 5. The summed E-state index contributed by atoms with van der Waals surface area (Å²) < 4.78 is 11.5. The maximum Gasteiger partial charge on any atom is 0.335 e. The minimum atomic E-state index is -0.777. The molecule has 1 fully saturated rings. The van der Waals surface area contributed by atoms with Crippen LogP contribution in [0.25, 0.3) is 6.08 Å². The molecule has 3 rings (SSSR count). The molecule has 8 heteroatoms. The van der Waals surface area contributed by atoms with Crippen LogP contribution in [0.1, 0.15) is 23.6 Å². The van der Waals surface area contributed by atoms with Crippen molar-refractivity contribution < 1.29 is 23.9 Å². The van der Waals surface area contributed by atoms with E-state index >= 15 is 0 Å². The van der Waals surface area contributed by atoms with Crippen molar-refractivity contribution in [2.75, 3.05) is 18.6 Å². The number of hydrogen-bond donors (Lipinski definition) is 1. The molecule has 2 aromatic rings. The summed E-state index contributed by atoms with van der Waals surface area (Å²) in [6.07, 6.45) is 1.42. The molecule has 2 aromatic carbocycles. The van der Waals surface area contributed by atoms with Gasteiger partial charge in [0.1, 0.15) is 5.57 Å². The third-order valence-corrected chi connectivity index (χ3v) is 5.15. The summed E-state index contributed by atoms with van der Waals surface area (Å²) >= 11 is 3.43. The lowest BCUT2D eigenvalue weighted by molar-refractivity contribution is -0.122. The summed E-state index contributed by atoms with van der Waals surface area (Å²) in [6, 6.07) is 8.02. The Labute approximate surface area is 182 Å². The molecule has 0 aromatic heterocycles. The van der Waals surface area contributed by atoms with Gasteiger partial charge in [-0.1, -0.05) is 12.1 Å². The number of nitrogens with zero attached hydrogens (tertiary/aromatic N) is 1. The first-order valence-corrected chi connectivity index (χ1v) is 10.0. The number of anilines is 1. The fourth-order valence-electron chi connectivity index (χ4n) is 3.11. The number of carbonyl (C=O) groups is 3. The van der Waals surface area contributed by atoms with Crippen molar-refractivity contribution in [3.8, 4) is 11.5 Å². The van der Waals surface area contributed by atoms with Crippen LogP contribution in [0.2, 0.25) is 0 Å². The number of ether oxygens (including phenoxy) is 2. The molecule has 7 nitrogen and oxygen atoms in total. The highest BCUT2D eigenvalue weighted by Gasteiger charge is 2.37. The zero-order chi connectivity index (χ0) is 22.0. The SMILES string of the molecule is CCOc1c(Br)cc(/C=C2\C(=O)NC(=O)N(c3cc(C)ccc3C)C2=O)cc1OC. The summed E-state index contributed by atoms with van der Waals surface area (Å²) in [5, 5.41) is 2.24. The number of urea groups is 1. The number of amides is 4. The molecule has 30 heavy (non-hydrogen) atoms. The number of benzene rings is 2. The van der Waals surface area contributed by atoms with Gasteiger partial charge >= 0.3 is 6.03 Å². The lowest BCUT2D eigenvalue weighted by atomic mass is 10.0. The molecule has 4 amide bonds. The lowest BCUT2D eigenvalue weighted by Crippen LogP contribution is -2.54. The standard InChI is InChI=1S/C22H21BrN2O5/c1-5-30-19-16(23)10-14(11-18(19)29-4)9-15-20(26)24-22(28)25(21(15)27)17-8-12(2)6-7-13(17)3/h6-11H,5H2,1-4H3,(H,24,26,28)/b15-9+. The average molecular weight is 473 g/mol. The monoisotopic (exact) mass is 472 g/mol. The Kier molecular flexibility index (Phi) is 6.26. The van der Waals surface area contributed by atoms with E-state index in [1.165, 1.54) is 13.2 Å². The summed E-state index contributed by atoms with van der Waals surface area (Å²) in [6.45, 7) is 5.96. The third-order valence-electron chi connectivity index (χ3n) is 4.56. The van der Waals surface area contributed by atoms with Crippen molar-refractivity contribution in [1.29, 1.82) is 0 Å². The fraction of sp³-hybridized carbons (Fsp3) is 0.227. The van der Waals surface area contributed by atoms with Crippen molar-refractivity contribution in [3.05, 3.63) is 57.1 Å². The minimum absolute atomic E-state index is 0.159. The van der Waals surface area contributed by atoms with Crippen LogP contribution < -0.4 is 19.7 Å². The summed E-state index contributed by atoms with van der Waals surface area (Å²) in [7, 11) is 1.50. The number of nitrogens with one attached hydrogen (secondary N) is 1. The lowest BCUT2D eigenvalue weighted by Gasteiger charge is -2.27. The van der Waals surface area contributed by atoms with Crippen LogP contribution in [0.5, 0.6) is 11.5 Å². The Morgan fingerprint density at radius 3 is 2.53 bits per heavy atom. The van der Waals surface area contributed by atoms with Crippen LogP contribution in [-0.4, -0.2) is 31.6 Å². The van der Waals surface area contributed by atoms with Crippen LogP contribution in [0, 0.1) is 13.8 Å². The molecule has 0 radical (unpaired) electrons. The molecule has 1 N–H and O–H groups in total. The van der Waals surface area contributed by atoms with Crippen molar-refractivity contribution >= 4 is 45.5 Å². The second-order valence-corrected chi connectivity index (χ2v) is 7.57. The van der Waals surface area contributed by atoms with E-state index in [1.807, 2.05) is 26.0 Å². The smallest absolute Gasteiger partial charge is 0.335 e. The molecular weight excluding hydrogens is 452 g/mol. The normalized spacial score (nSPS) is 15.4. The molecule has 0 atom stereocenters.